The lowest BCUT2D eigenvalue weighted by Gasteiger charge is -2.34. The second kappa shape index (κ2) is 5.42. The third-order valence-corrected chi connectivity index (χ3v) is 4.54. The van der Waals surface area contributed by atoms with Crippen LogP contribution >= 0.6 is 45.2 Å². The smallest absolute Gasteiger partial charge is 0.0781 e. The topological polar surface area (TPSA) is 3.24 Å². The van der Waals surface area contributed by atoms with E-state index in [1.807, 2.05) is 0 Å². The summed E-state index contributed by atoms with van der Waals surface area (Å²) in [5, 5.41) is 0. The molecule has 0 saturated carbocycles. The molecule has 0 N–H and O–H groups in total. The van der Waals surface area contributed by atoms with Crippen LogP contribution in [-0.2, 0) is 6.42 Å². The summed E-state index contributed by atoms with van der Waals surface area (Å²) >= 11 is 5.00. The zero-order valence-corrected chi connectivity index (χ0v) is 14.0. The van der Waals surface area contributed by atoms with Gasteiger partial charge in [-0.25, -0.2) is 0 Å². The fourth-order valence-electron chi connectivity index (χ4n) is 2.24. The van der Waals surface area contributed by atoms with Gasteiger partial charge in [-0.15, -0.1) is 0 Å². The van der Waals surface area contributed by atoms with Crippen LogP contribution in [0.15, 0.2) is 18.2 Å². The Kier molecular flexibility index (Phi) is 4.38. The second-order valence-electron chi connectivity index (χ2n) is 4.38. The van der Waals surface area contributed by atoms with Gasteiger partial charge in [-0.3, -0.25) is 0 Å². The summed E-state index contributed by atoms with van der Waals surface area (Å²) in [5.41, 5.74) is 4.44. The highest BCUT2D eigenvalue weighted by Gasteiger charge is 2.20. The highest BCUT2D eigenvalue weighted by Crippen LogP contribution is 2.34. The number of benzene rings is 1. The molecular formula is C13H17I2N. The highest BCUT2D eigenvalue weighted by atomic mass is 127. The van der Waals surface area contributed by atoms with Gasteiger partial charge in [-0.05, 0) is 43.9 Å². The van der Waals surface area contributed by atoms with E-state index in [0.717, 1.165) is 0 Å². The van der Waals surface area contributed by atoms with E-state index >= 15 is 0 Å². The molecule has 16 heavy (non-hydrogen) atoms. The Balaban J connectivity index is 2.40. The van der Waals surface area contributed by atoms with Gasteiger partial charge in [0.1, 0.15) is 0 Å². The number of anilines is 1. The molecule has 0 spiro atoms. The van der Waals surface area contributed by atoms with Gasteiger partial charge in [0.15, 0.2) is 0 Å². The SMILES string of the molecule is CC(I)c1ccc2c(c1)N(C(C)I)CCC2. The van der Waals surface area contributed by atoms with E-state index < -0.39 is 0 Å². The van der Waals surface area contributed by atoms with Crippen molar-refractivity contribution in [3.63, 3.8) is 0 Å². The van der Waals surface area contributed by atoms with Crippen LogP contribution in [0.3, 0.4) is 0 Å². The zero-order chi connectivity index (χ0) is 11.7. The number of rotatable bonds is 2. The summed E-state index contributed by atoms with van der Waals surface area (Å²) in [6.07, 6.45) is 2.53. The Morgan fingerprint density at radius 1 is 1.25 bits per heavy atom. The van der Waals surface area contributed by atoms with Crippen LogP contribution < -0.4 is 4.90 Å². The maximum absolute atomic E-state index is 2.53. The van der Waals surface area contributed by atoms with E-state index in [1.165, 1.54) is 36.2 Å². The van der Waals surface area contributed by atoms with Crippen LogP contribution in [0.1, 0.15) is 35.3 Å². The van der Waals surface area contributed by atoms with Crippen molar-refractivity contribution in [2.24, 2.45) is 0 Å². The van der Waals surface area contributed by atoms with Gasteiger partial charge >= 0.3 is 0 Å². The molecule has 3 heteroatoms. The Morgan fingerprint density at radius 3 is 2.62 bits per heavy atom. The third kappa shape index (κ3) is 2.66. The summed E-state index contributed by atoms with van der Waals surface area (Å²) in [7, 11) is 0. The molecule has 0 saturated heterocycles. The number of aryl methyl sites for hydroxylation is 1. The largest absolute Gasteiger partial charge is 0.360 e. The van der Waals surface area contributed by atoms with Crippen molar-refractivity contribution in [2.45, 2.75) is 34.7 Å². The third-order valence-electron chi connectivity index (χ3n) is 3.15. The van der Waals surface area contributed by atoms with Crippen LogP contribution in [-0.4, -0.2) is 10.6 Å². The molecule has 0 amide bonds. The van der Waals surface area contributed by atoms with E-state index in [1.54, 1.807) is 0 Å². The lowest BCUT2D eigenvalue weighted by molar-refractivity contribution is 0.697. The van der Waals surface area contributed by atoms with Gasteiger partial charge < -0.3 is 4.90 Å². The summed E-state index contributed by atoms with van der Waals surface area (Å²) in [6.45, 7) is 5.73. The maximum atomic E-state index is 2.53. The fourth-order valence-corrected chi connectivity index (χ4v) is 3.20. The molecule has 1 aliphatic rings. The van der Waals surface area contributed by atoms with Crippen LogP contribution in [0, 0.1) is 0 Å². The number of alkyl halides is 2. The standard InChI is InChI=1S/C13H17I2N/c1-9(14)12-6-5-11-4-3-7-16(10(2)15)13(11)8-12/h5-6,8-10H,3-4,7H2,1-2H3. The number of fused-ring (bicyclic) bond motifs is 1. The molecule has 0 radical (unpaired) electrons. The lowest BCUT2D eigenvalue weighted by Crippen LogP contribution is -2.33. The molecule has 88 valence electrons. The van der Waals surface area contributed by atoms with E-state index in [-0.39, 0.29) is 0 Å². The monoisotopic (exact) mass is 441 g/mol. The molecule has 2 atom stereocenters. The average Bonchev–Trinajstić information content (AvgIpc) is 2.27. The molecule has 0 fully saturated rings. The zero-order valence-electron chi connectivity index (χ0n) is 9.71. The molecule has 0 aromatic heterocycles. The van der Waals surface area contributed by atoms with Gasteiger partial charge in [0.25, 0.3) is 0 Å². The fraction of sp³-hybridized carbons (Fsp3) is 0.538. The molecular weight excluding hydrogens is 424 g/mol. The Labute approximate surface area is 125 Å². The first-order valence-electron chi connectivity index (χ1n) is 5.77. The molecule has 0 aliphatic carbocycles. The van der Waals surface area contributed by atoms with E-state index in [9.17, 15) is 0 Å². The van der Waals surface area contributed by atoms with Crippen molar-refractivity contribution in [1.82, 2.24) is 0 Å². The average molecular weight is 441 g/mol. The maximum Gasteiger partial charge on any atom is 0.0781 e. The minimum atomic E-state index is 0.580. The first-order valence-corrected chi connectivity index (χ1v) is 8.26. The predicted octanol–water partition coefficient (Wildman–Crippen LogP) is 4.72. The van der Waals surface area contributed by atoms with Gasteiger partial charge in [-0.1, -0.05) is 57.3 Å². The normalized spacial score (nSPS) is 19.1. The Morgan fingerprint density at radius 2 is 2.00 bits per heavy atom. The first kappa shape index (κ1) is 12.9. The van der Waals surface area contributed by atoms with Crippen molar-refractivity contribution >= 4 is 50.9 Å². The quantitative estimate of drug-likeness (QED) is 0.365. The molecule has 0 bridgehead atoms. The Bertz CT molecular complexity index is 374. The van der Waals surface area contributed by atoms with Crippen LogP contribution in [0.25, 0.3) is 0 Å². The van der Waals surface area contributed by atoms with Gasteiger partial charge in [0.05, 0.1) is 4.05 Å². The summed E-state index contributed by atoms with van der Waals surface area (Å²) in [4.78, 5) is 2.53. The van der Waals surface area contributed by atoms with E-state index in [0.29, 0.717) is 7.97 Å². The van der Waals surface area contributed by atoms with E-state index in [4.69, 9.17) is 0 Å². The first-order chi connectivity index (χ1) is 7.59. The van der Waals surface area contributed by atoms with Crippen molar-refractivity contribution in [2.75, 3.05) is 11.4 Å². The van der Waals surface area contributed by atoms with Crippen molar-refractivity contribution in [3.8, 4) is 0 Å². The molecule has 1 aliphatic heterocycles. The summed E-state index contributed by atoms with van der Waals surface area (Å²) in [6, 6.07) is 7.00. The van der Waals surface area contributed by atoms with Crippen LogP contribution in [0.4, 0.5) is 5.69 Å². The number of nitrogens with zero attached hydrogens (tertiary/aromatic N) is 1. The Hall–Kier alpha value is 0.480. The highest BCUT2D eigenvalue weighted by molar-refractivity contribution is 14.1. The van der Waals surface area contributed by atoms with Gasteiger partial charge in [0.2, 0.25) is 0 Å². The molecule has 1 heterocycles. The number of halogens is 2. The summed E-state index contributed by atoms with van der Waals surface area (Å²) in [5.74, 6) is 0. The molecule has 2 rings (SSSR count). The predicted molar refractivity (Wildman–Crippen MR) is 88.0 cm³/mol. The molecule has 1 aromatic carbocycles. The molecule has 2 unspecified atom stereocenters. The second-order valence-corrected chi connectivity index (χ2v) is 8.05. The van der Waals surface area contributed by atoms with Gasteiger partial charge in [-0.2, -0.15) is 0 Å². The number of hydrogen-bond acceptors (Lipinski definition) is 1. The van der Waals surface area contributed by atoms with Crippen LogP contribution in [0.2, 0.25) is 0 Å². The minimum Gasteiger partial charge on any atom is -0.360 e. The minimum absolute atomic E-state index is 0.580. The van der Waals surface area contributed by atoms with Crippen molar-refractivity contribution in [1.29, 1.82) is 0 Å². The summed E-state index contributed by atoms with van der Waals surface area (Å²) < 4.78 is 1.17. The van der Waals surface area contributed by atoms with Crippen molar-refractivity contribution < 1.29 is 0 Å². The number of hydrogen-bond donors (Lipinski definition) is 0. The van der Waals surface area contributed by atoms with Crippen molar-refractivity contribution in [3.05, 3.63) is 29.3 Å². The lowest BCUT2D eigenvalue weighted by atomic mass is 9.99. The molecule has 1 aromatic rings. The van der Waals surface area contributed by atoms with Gasteiger partial charge in [0, 0.05) is 16.2 Å². The molecule has 1 nitrogen and oxygen atoms in total. The van der Waals surface area contributed by atoms with E-state index in [2.05, 4.69) is 82.1 Å². The van der Waals surface area contributed by atoms with Crippen LogP contribution in [0.5, 0.6) is 0 Å².